The molecule has 0 aromatic carbocycles. The zero-order valence-electron chi connectivity index (χ0n) is 13.6. The van der Waals surface area contributed by atoms with Crippen LogP contribution >= 0.6 is 0 Å². The molecule has 2 fully saturated rings. The van der Waals surface area contributed by atoms with Gasteiger partial charge in [-0.05, 0) is 25.7 Å². The summed E-state index contributed by atoms with van der Waals surface area (Å²) in [7, 11) is 0. The van der Waals surface area contributed by atoms with Gasteiger partial charge in [-0.3, -0.25) is 14.5 Å². The Labute approximate surface area is 139 Å². The SMILES string of the molecule is O=C(CN1CCCCC(O)C1=O)N1CCCN(CC(F)(F)F)CC1. The maximum atomic E-state index is 12.5. The van der Waals surface area contributed by atoms with E-state index in [2.05, 4.69) is 0 Å². The van der Waals surface area contributed by atoms with Gasteiger partial charge in [0.2, 0.25) is 5.91 Å². The molecule has 6 nitrogen and oxygen atoms in total. The fourth-order valence-corrected chi connectivity index (χ4v) is 3.14. The molecule has 138 valence electrons. The average molecular weight is 351 g/mol. The molecule has 0 aliphatic carbocycles. The van der Waals surface area contributed by atoms with Crippen LogP contribution in [0, 0.1) is 0 Å². The molecule has 1 atom stereocenters. The summed E-state index contributed by atoms with van der Waals surface area (Å²) in [5.41, 5.74) is 0. The van der Waals surface area contributed by atoms with E-state index in [0.717, 1.165) is 12.8 Å². The highest BCUT2D eigenvalue weighted by Gasteiger charge is 2.32. The van der Waals surface area contributed by atoms with Gasteiger partial charge in [-0.15, -0.1) is 0 Å². The van der Waals surface area contributed by atoms with Gasteiger partial charge in [-0.2, -0.15) is 13.2 Å². The molecule has 2 amide bonds. The lowest BCUT2D eigenvalue weighted by Gasteiger charge is -2.27. The number of aliphatic hydroxyl groups is 1. The highest BCUT2D eigenvalue weighted by molar-refractivity contribution is 5.87. The van der Waals surface area contributed by atoms with Crippen LogP contribution < -0.4 is 0 Å². The molecule has 1 unspecified atom stereocenters. The van der Waals surface area contributed by atoms with Crippen molar-refractivity contribution in [1.29, 1.82) is 0 Å². The highest BCUT2D eigenvalue weighted by Crippen LogP contribution is 2.18. The number of nitrogens with zero attached hydrogens (tertiary/aromatic N) is 3. The number of halogens is 3. The molecule has 2 aliphatic heterocycles. The van der Waals surface area contributed by atoms with Crippen molar-refractivity contribution >= 4 is 11.8 Å². The smallest absolute Gasteiger partial charge is 0.383 e. The lowest BCUT2D eigenvalue weighted by Crippen LogP contribution is -2.46. The van der Waals surface area contributed by atoms with Crippen molar-refractivity contribution < 1.29 is 27.9 Å². The van der Waals surface area contributed by atoms with Crippen molar-refractivity contribution in [2.45, 2.75) is 38.0 Å². The van der Waals surface area contributed by atoms with Crippen LogP contribution in [0.1, 0.15) is 25.7 Å². The summed E-state index contributed by atoms with van der Waals surface area (Å²) in [6.45, 7) is 0.417. The normalized spacial score (nSPS) is 24.7. The van der Waals surface area contributed by atoms with Gasteiger partial charge in [0.1, 0.15) is 6.10 Å². The molecule has 2 rings (SSSR count). The predicted octanol–water partition coefficient (Wildman–Crippen LogP) is 0.456. The number of aliphatic hydroxyl groups excluding tert-OH is 1. The highest BCUT2D eigenvalue weighted by atomic mass is 19.4. The number of likely N-dealkylation sites (tertiary alicyclic amines) is 1. The van der Waals surface area contributed by atoms with Gasteiger partial charge in [0.25, 0.3) is 5.91 Å². The Hall–Kier alpha value is -1.35. The number of amides is 2. The van der Waals surface area contributed by atoms with Gasteiger partial charge in [-0.25, -0.2) is 0 Å². The number of hydrogen-bond donors (Lipinski definition) is 1. The van der Waals surface area contributed by atoms with Gasteiger partial charge in [-0.1, -0.05) is 0 Å². The zero-order chi connectivity index (χ0) is 17.7. The summed E-state index contributed by atoms with van der Waals surface area (Å²) in [6, 6.07) is 0. The van der Waals surface area contributed by atoms with Gasteiger partial charge in [0.05, 0.1) is 13.1 Å². The minimum absolute atomic E-state index is 0.116. The second-order valence-corrected chi connectivity index (χ2v) is 6.40. The maximum Gasteiger partial charge on any atom is 0.401 e. The van der Waals surface area contributed by atoms with Gasteiger partial charge >= 0.3 is 6.18 Å². The first-order valence-electron chi connectivity index (χ1n) is 8.30. The van der Waals surface area contributed by atoms with E-state index in [0.29, 0.717) is 32.5 Å². The molecule has 0 spiro atoms. The molecule has 2 heterocycles. The molecule has 0 bridgehead atoms. The van der Waals surface area contributed by atoms with Crippen LogP contribution in [-0.2, 0) is 9.59 Å². The predicted molar refractivity (Wildman–Crippen MR) is 80.1 cm³/mol. The van der Waals surface area contributed by atoms with Gasteiger partial charge < -0.3 is 14.9 Å². The number of alkyl halides is 3. The van der Waals surface area contributed by atoms with Crippen LogP contribution in [0.25, 0.3) is 0 Å². The summed E-state index contributed by atoms with van der Waals surface area (Å²) in [5.74, 6) is -0.708. The van der Waals surface area contributed by atoms with Crippen molar-refractivity contribution in [2.24, 2.45) is 0 Å². The van der Waals surface area contributed by atoms with Gasteiger partial charge in [0, 0.05) is 32.7 Å². The molecule has 1 N–H and O–H groups in total. The van der Waals surface area contributed by atoms with Crippen LogP contribution in [0.15, 0.2) is 0 Å². The third kappa shape index (κ3) is 5.62. The van der Waals surface area contributed by atoms with Gasteiger partial charge in [0.15, 0.2) is 0 Å². The molecule has 0 saturated carbocycles. The monoisotopic (exact) mass is 351 g/mol. The second-order valence-electron chi connectivity index (χ2n) is 6.40. The van der Waals surface area contributed by atoms with Crippen molar-refractivity contribution in [3.63, 3.8) is 0 Å². The van der Waals surface area contributed by atoms with Crippen molar-refractivity contribution in [3.8, 4) is 0 Å². The van der Waals surface area contributed by atoms with E-state index in [1.165, 1.54) is 14.7 Å². The number of carbonyl (C=O) groups is 2. The summed E-state index contributed by atoms with van der Waals surface area (Å²) >= 11 is 0. The fourth-order valence-electron chi connectivity index (χ4n) is 3.14. The topological polar surface area (TPSA) is 64.1 Å². The number of hydrogen-bond acceptors (Lipinski definition) is 4. The van der Waals surface area contributed by atoms with E-state index in [9.17, 15) is 27.9 Å². The van der Waals surface area contributed by atoms with E-state index >= 15 is 0 Å². The molecule has 2 saturated heterocycles. The van der Waals surface area contributed by atoms with E-state index in [1.807, 2.05) is 0 Å². The molecule has 0 aromatic rings. The first-order chi connectivity index (χ1) is 11.3. The van der Waals surface area contributed by atoms with Crippen LogP contribution in [0.5, 0.6) is 0 Å². The molecule has 9 heteroatoms. The van der Waals surface area contributed by atoms with Crippen LogP contribution in [0.3, 0.4) is 0 Å². The zero-order valence-corrected chi connectivity index (χ0v) is 13.6. The molecule has 0 aromatic heterocycles. The first-order valence-corrected chi connectivity index (χ1v) is 8.30. The summed E-state index contributed by atoms with van der Waals surface area (Å²) < 4.78 is 37.4. The largest absolute Gasteiger partial charge is 0.401 e. The Kier molecular flexibility index (Phi) is 6.45. The summed E-state index contributed by atoms with van der Waals surface area (Å²) in [6.07, 6.45) is -2.97. The lowest BCUT2D eigenvalue weighted by molar-refractivity contribution is -0.147. The standard InChI is InChI=1S/C15H24F3N3O3/c16-15(17,18)11-19-5-3-7-20(9-8-19)13(23)10-21-6-2-1-4-12(22)14(21)24/h12,22H,1-11H2. The van der Waals surface area contributed by atoms with Crippen LogP contribution in [0.4, 0.5) is 13.2 Å². The first kappa shape index (κ1) is 19.0. The third-order valence-electron chi connectivity index (χ3n) is 4.42. The third-order valence-corrected chi connectivity index (χ3v) is 4.42. The number of rotatable bonds is 3. The van der Waals surface area contributed by atoms with Crippen LogP contribution in [0.2, 0.25) is 0 Å². The second kappa shape index (κ2) is 8.15. The Morgan fingerprint density at radius 3 is 2.54 bits per heavy atom. The molecular formula is C15H24F3N3O3. The molecule has 0 radical (unpaired) electrons. The Morgan fingerprint density at radius 2 is 1.83 bits per heavy atom. The fraction of sp³-hybridized carbons (Fsp3) is 0.867. The Bertz CT molecular complexity index is 459. The quantitative estimate of drug-likeness (QED) is 0.802. The number of carbonyl (C=O) groups excluding carboxylic acids is 2. The van der Waals surface area contributed by atoms with Crippen molar-refractivity contribution in [3.05, 3.63) is 0 Å². The minimum Gasteiger partial charge on any atom is -0.383 e. The molecule has 24 heavy (non-hydrogen) atoms. The van der Waals surface area contributed by atoms with E-state index in [1.54, 1.807) is 0 Å². The van der Waals surface area contributed by atoms with Crippen LogP contribution in [-0.4, -0.2) is 89.7 Å². The minimum atomic E-state index is -4.24. The van der Waals surface area contributed by atoms with Crippen molar-refractivity contribution in [1.82, 2.24) is 14.7 Å². The van der Waals surface area contributed by atoms with E-state index in [-0.39, 0.29) is 25.5 Å². The van der Waals surface area contributed by atoms with E-state index in [4.69, 9.17) is 0 Å². The summed E-state index contributed by atoms with van der Waals surface area (Å²) in [4.78, 5) is 28.6. The van der Waals surface area contributed by atoms with Crippen molar-refractivity contribution in [2.75, 3.05) is 45.8 Å². The maximum absolute atomic E-state index is 12.5. The lowest BCUT2D eigenvalue weighted by atomic mass is 10.2. The Balaban J connectivity index is 1.87. The summed E-state index contributed by atoms with van der Waals surface area (Å²) in [5, 5.41) is 9.71. The van der Waals surface area contributed by atoms with E-state index < -0.39 is 24.7 Å². The molecule has 2 aliphatic rings. The average Bonchev–Trinajstić information content (AvgIpc) is 2.80. The Morgan fingerprint density at radius 1 is 1.08 bits per heavy atom. The molecular weight excluding hydrogens is 327 g/mol.